The SMILES string of the molecule is Nc1c(Cl)cc(C[C@@H](OC(=O)N2CCC(N3CCc4ccccc4NC3=O)CC2)C(=O)N2CCC(N3CCCC[C@H]3COCCCN3CCCCC3=O)CC2)cc1C(F)(F)F. The summed E-state index contributed by atoms with van der Waals surface area (Å²) < 4.78 is 54.0. The van der Waals surface area contributed by atoms with Gasteiger partial charge in [0.25, 0.3) is 5.91 Å². The zero-order chi connectivity index (χ0) is 43.1. The lowest BCUT2D eigenvalue weighted by Gasteiger charge is -2.45. The Morgan fingerprint density at radius 1 is 0.869 bits per heavy atom. The van der Waals surface area contributed by atoms with E-state index in [0.29, 0.717) is 71.4 Å². The fraction of sp³-hybridized carbons (Fsp3) is 0.636. The van der Waals surface area contributed by atoms with E-state index in [1.807, 2.05) is 34.1 Å². The van der Waals surface area contributed by atoms with Gasteiger partial charge in [0.05, 0.1) is 22.9 Å². The summed E-state index contributed by atoms with van der Waals surface area (Å²) in [6.45, 7) is 5.55. The smallest absolute Gasteiger partial charge is 0.418 e. The minimum absolute atomic E-state index is 0.0677. The topological polar surface area (TPSA) is 141 Å². The largest absolute Gasteiger partial charge is 0.436 e. The summed E-state index contributed by atoms with van der Waals surface area (Å²) in [5, 5.41) is 2.69. The van der Waals surface area contributed by atoms with Crippen LogP contribution in [-0.2, 0) is 38.1 Å². The van der Waals surface area contributed by atoms with Gasteiger partial charge in [0.2, 0.25) is 5.91 Å². The molecule has 334 valence electrons. The van der Waals surface area contributed by atoms with E-state index in [4.69, 9.17) is 26.8 Å². The third-order valence-electron chi connectivity index (χ3n) is 13.1. The van der Waals surface area contributed by atoms with Crippen LogP contribution in [0.1, 0.15) is 87.3 Å². The van der Waals surface area contributed by atoms with Crippen LogP contribution in [0.15, 0.2) is 36.4 Å². The molecule has 4 fully saturated rings. The zero-order valence-corrected chi connectivity index (χ0v) is 35.6. The van der Waals surface area contributed by atoms with Crippen molar-refractivity contribution in [2.45, 2.75) is 114 Å². The van der Waals surface area contributed by atoms with Crippen molar-refractivity contribution in [1.82, 2.24) is 24.5 Å². The molecule has 3 N–H and O–H groups in total. The Hall–Kier alpha value is -4.28. The van der Waals surface area contributed by atoms with E-state index in [0.717, 1.165) is 75.5 Å². The molecular formula is C44H59ClF3N7O6. The molecule has 61 heavy (non-hydrogen) atoms. The summed E-state index contributed by atoms with van der Waals surface area (Å²) >= 11 is 6.18. The number of nitrogens with zero attached hydrogens (tertiary/aromatic N) is 5. The Bertz CT molecular complexity index is 1870. The van der Waals surface area contributed by atoms with E-state index >= 15 is 0 Å². The molecule has 4 saturated heterocycles. The van der Waals surface area contributed by atoms with Crippen molar-refractivity contribution in [2.75, 3.05) is 76.6 Å². The first-order valence-corrected chi connectivity index (χ1v) is 22.4. The van der Waals surface area contributed by atoms with Crippen molar-refractivity contribution >= 4 is 46.9 Å². The number of hydrogen-bond acceptors (Lipinski definition) is 8. The molecule has 5 aliphatic heterocycles. The van der Waals surface area contributed by atoms with Gasteiger partial charge >= 0.3 is 18.3 Å². The predicted molar refractivity (Wildman–Crippen MR) is 225 cm³/mol. The van der Waals surface area contributed by atoms with Crippen molar-refractivity contribution in [3.8, 4) is 0 Å². The molecule has 0 spiro atoms. The maximum atomic E-state index is 14.3. The van der Waals surface area contributed by atoms with Crippen molar-refractivity contribution in [1.29, 1.82) is 0 Å². The lowest BCUT2D eigenvalue weighted by atomic mass is 9.95. The van der Waals surface area contributed by atoms with Crippen LogP contribution in [0.2, 0.25) is 5.02 Å². The third-order valence-corrected chi connectivity index (χ3v) is 13.4. The van der Waals surface area contributed by atoms with E-state index in [1.165, 1.54) is 11.0 Å². The second-order valence-corrected chi connectivity index (χ2v) is 17.5. The first-order valence-electron chi connectivity index (χ1n) is 22.0. The van der Waals surface area contributed by atoms with Crippen molar-refractivity contribution in [3.63, 3.8) is 0 Å². The number of alkyl halides is 3. The summed E-state index contributed by atoms with van der Waals surface area (Å²) in [7, 11) is 0. The number of likely N-dealkylation sites (tertiary alicyclic amines) is 4. The molecule has 2 aromatic carbocycles. The number of fused-ring (bicyclic) bond motifs is 1. The van der Waals surface area contributed by atoms with Crippen molar-refractivity contribution in [3.05, 3.63) is 58.1 Å². The molecule has 0 saturated carbocycles. The minimum atomic E-state index is -4.79. The highest BCUT2D eigenvalue weighted by Gasteiger charge is 2.39. The number of hydrogen-bond donors (Lipinski definition) is 2. The van der Waals surface area contributed by atoms with E-state index in [1.54, 1.807) is 4.90 Å². The van der Waals surface area contributed by atoms with Gasteiger partial charge in [-0.3, -0.25) is 14.5 Å². The van der Waals surface area contributed by atoms with Crippen molar-refractivity contribution < 1.29 is 41.8 Å². The summed E-state index contributed by atoms with van der Waals surface area (Å²) in [6, 6.07) is 10.0. The van der Waals surface area contributed by atoms with E-state index in [2.05, 4.69) is 10.2 Å². The molecule has 5 amide bonds. The number of rotatable bonds is 12. The number of urea groups is 1. The summed E-state index contributed by atoms with van der Waals surface area (Å²) in [5.41, 5.74) is 5.90. The Morgan fingerprint density at radius 2 is 1.59 bits per heavy atom. The molecule has 17 heteroatoms. The molecule has 7 rings (SSSR count). The number of para-hydroxylation sites is 1. The lowest BCUT2D eigenvalue weighted by molar-refractivity contribution is -0.143. The van der Waals surface area contributed by atoms with Gasteiger partial charge in [-0.25, -0.2) is 9.59 Å². The maximum absolute atomic E-state index is 14.3. The second kappa shape index (κ2) is 20.3. The van der Waals surface area contributed by atoms with Crippen LogP contribution < -0.4 is 11.1 Å². The van der Waals surface area contributed by atoms with Crippen LogP contribution in [0, 0.1) is 0 Å². The lowest BCUT2D eigenvalue weighted by Crippen LogP contribution is -2.55. The Morgan fingerprint density at radius 3 is 2.34 bits per heavy atom. The monoisotopic (exact) mass is 873 g/mol. The summed E-state index contributed by atoms with van der Waals surface area (Å²) in [5.74, 6) is -0.248. The van der Waals surface area contributed by atoms with E-state index < -0.39 is 35.5 Å². The number of anilines is 2. The van der Waals surface area contributed by atoms with Crippen LogP contribution in [0.5, 0.6) is 0 Å². The number of nitrogens with one attached hydrogen (secondary N) is 1. The van der Waals surface area contributed by atoms with Gasteiger partial charge in [0.1, 0.15) is 0 Å². The molecule has 2 aromatic rings. The maximum Gasteiger partial charge on any atom is 0.418 e. The van der Waals surface area contributed by atoms with Crippen LogP contribution >= 0.6 is 11.6 Å². The average Bonchev–Trinajstić information content (AvgIpc) is 3.42. The number of ether oxygens (including phenoxy) is 2. The van der Waals surface area contributed by atoms with Gasteiger partial charge in [0.15, 0.2) is 6.10 Å². The average molecular weight is 874 g/mol. The van der Waals surface area contributed by atoms with Gasteiger partial charge in [-0.1, -0.05) is 36.2 Å². The molecule has 0 aromatic heterocycles. The molecule has 0 bridgehead atoms. The Labute approximate surface area is 360 Å². The molecule has 0 unspecified atom stereocenters. The number of carbonyl (C=O) groups is 4. The van der Waals surface area contributed by atoms with Gasteiger partial charge < -0.3 is 40.1 Å². The molecule has 2 atom stereocenters. The molecule has 5 aliphatic rings. The normalized spacial score (nSPS) is 21.8. The highest BCUT2D eigenvalue weighted by Crippen LogP contribution is 2.38. The first-order chi connectivity index (χ1) is 29.4. The van der Waals surface area contributed by atoms with Crippen LogP contribution in [-0.4, -0.2) is 138 Å². The fourth-order valence-electron chi connectivity index (χ4n) is 9.69. The highest BCUT2D eigenvalue weighted by molar-refractivity contribution is 6.33. The number of carbonyl (C=O) groups excluding carboxylic acids is 4. The van der Waals surface area contributed by atoms with Gasteiger partial charge in [0, 0.05) is 89.1 Å². The molecule has 0 radical (unpaired) electrons. The summed E-state index contributed by atoms with van der Waals surface area (Å²) in [4.78, 5) is 62.8. The van der Waals surface area contributed by atoms with Gasteiger partial charge in [-0.15, -0.1) is 0 Å². The Balaban J connectivity index is 0.962. The highest BCUT2D eigenvalue weighted by atomic mass is 35.5. The molecule has 5 heterocycles. The quantitative estimate of drug-likeness (QED) is 0.175. The van der Waals surface area contributed by atoms with E-state index in [-0.39, 0.29) is 60.2 Å². The number of nitrogens with two attached hydrogens (primary N) is 1. The van der Waals surface area contributed by atoms with Crippen molar-refractivity contribution in [2.24, 2.45) is 0 Å². The zero-order valence-electron chi connectivity index (χ0n) is 34.8. The van der Waals surface area contributed by atoms with Crippen LogP contribution in [0.25, 0.3) is 0 Å². The fourth-order valence-corrected chi connectivity index (χ4v) is 9.94. The van der Waals surface area contributed by atoms with Gasteiger partial charge in [-0.05, 0) is 100 Å². The number of amides is 5. The third kappa shape index (κ3) is 11.2. The standard InChI is InChI=1S/C44H59ClF3N7O6/c45-36-27-30(26-35(40(36)49)44(46,47)48)28-38(61-43(59)53-22-15-33(16-23-53)55-24-12-31-8-1-2-10-37(31)50-42(55)58)41(57)52-20-13-32(14-21-52)54-19-6-3-9-34(54)29-60-25-7-18-51-17-5-4-11-39(51)56/h1-2,8,10,26-27,32-34,38H,3-7,9,11-25,28-29,49H2,(H,50,58)/t34-,38+/m0/s1. The predicted octanol–water partition coefficient (Wildman–Crippen LogP) is 6.81. The number of nitrogen functional groups attached to an aromatic ring is 1. The molecule has 0 aliphatic carbocycles. The van der Waals surface area contributed by atoms with Crippen LogP contribution in [0.4, 0.5) is 34.1 Å². The van der Waals surface area contributed by atoms with Crippen LogP contribution in [0.3, 0.4) is 0 Å². The number of benzene rings is 2. The number of halogens is 4. The first kappa shape index (κ1) is 44.8. The molecular weight excluding hydrogens is 815 g/mol. The second-order valence-electron chi connectivity index (χ2n) is 17.1. The number of piperidine rings is 4. The molecule has 13 nitrogen and oxygen atoms in total. The minimum Gasteiger partial charge on any atom is -0.436 e. The summed E-state index contributed by atoms with van der Waals surface area (Å²) in [6.07, 6.45) is 2.46. The van der Waals surface area contributed by atoms with E-state index in [9.17, 15) is 32.3 Å². The van der Waals surface area contributed by atoms with Gasteiger partial charge in [-0.2, -0.15) is 13.2 Å². The Kier molecular flexibility index (Phi) is 14.9.